The lowest BCUT2D eigenvalue weighted by Gasteiger charge is -2.10. The lowest BCUT2D eigenvalue weighted by atomic mass is 10.1. The van der Waals surface area contributed by atoms with Crippen LogP contribution in [-0.4, -0.2) is 28.2 Å². The van der Waals surface area contributed by atoms with Crippen LogP contribution in [0.4, 0.5) is 0 Å². The predicted molar refractivity (Wildman–Crippen MR) is 72.9 cm³/mol. The summed E-state index contributed by atoms with van der Waals surface area (Å²) in [6.45, 7) is 2.00. The topological polar surface area (TPSA) is 55.4 Å². The van der Waals surface area contributed by atoms with E-state index in [2.05, 4.69) is 20.7 Å². The highest BCUT2D eigenvalue weighted by Gasteiger charge is 2.19. The summed E-state index contributed by atoms with van der Waals surface area (Å²) in [5.41, 5.74) is 0. The van der Waals surface area contributed by atoms with Gasteiger partial charge in [-0.05, 0) is 46.8 Å². The van der Waals surface area contributed by atoms with Crippen molar-refractivity contribution >= 4 is 26.0 Å². The minimum Gasteiger partial charge on any atom is -0.381 e. The number of halogens is 1. The minimum atomic E-state index is -3.42. The molecule has 1 unspecified atom stereocenters. The van der Waals surface area contributed by atoms with Crippen LogP contribution in [0, 0.1) is 5.92 Å². The fourth-order valence-electron chi connectivity index (χ4n) is 1.95. The van der Waals surface area contributed by atoms with Gasteiger partial charge in [0.25, 0.3) is 0 Å². The first kappa shape index (κ1) is 14.0. The maximum atomic E-state index is 12.1. The highest BCUT2D eigenvalue weighted by Crippen LogP contribution is 2.21. The molecule has 0 aliphatic carbocycles. The van der Waals surface area contributed by atoms with Crippen molar-refractivity contribution in [2.45, 2.75) is 17.7 Å². The molecule has 6 heteroatoms. The standard InChI is InChI=1S/C12H16BrNO3S/c13-11-3-1-2-4-12(11)18(15,16)14-7-5-10-6-8-17-9-10/h1-4,10,14H,5-9H2. The number of ether oxygens (including phenoxy) is 1. The average Bonchev–Trinajstić information content (AvgIpc) is 2.82. The summed E-state index contributed by atoms with van der Waals surface area (Å²) in [7, 11) is -3.42. The summed E-state index contributed by atoms with van der Waals surface area (Å²) in [6.07, 6.45) is 1.85. The molecule has 1 aromatic rings. The van der Waals surface area contributed by atoms with Gasteiger partial charge < -0.3 is 4.74 Å². The largest absolute Gasteiger partial charge is 0.381 e. The predicted octanol–water partition coefficient (Wildman–Crippen LogP) is 2.15. The Bertz CT molecular complexity index is 498. The third kappa shape index (κ3) is 3.54. The van der Waals surface area contributed by atoms with Gasteiger partial charge in [0.15, 0.2) is 0 Å². The third-order valence-electron chi connectivity index (χ3n) is 2.99. The third-order valence-corrected chi connectivity index (χ3v) is 5.47. The molecule has 1 aliphatic rings. The van der Waals surface area contributed by atoms with E-state index in [1.54, 1.807) is 24.3 Å². The molecule has 18 heavy (non-hydrogen) atoms. The van der Waals surface area contributed by atoms with Crippen molar-refractivity contribution < 1.29 is 13.2 Å². The fourth-order valence-corrected chi connectivity index (χ4v) is 4.00. The number of hydrogen-bond donors (Lipinski definition) is 1. The Morgan fingerprint density at radius 1 is 1.39 bits per heavy atom. The van der Waals surface area contributed by atoms with Gasteiger partial charge in [-0.1, -0.05) is 12.1 Å². The maximum absolute atomic E-state index is 12.1. The monoisotopic (exact) mass is 333 g/mol. The molecule has 0 spiro atoms. The van der Waals surface area contributed by atoms with Crippen molar-refractivity contribution in [1.29, 1.82) is 0 Å². The molecular formula is C12H16BrNO3S. The second kappa shape index (κ2) is 6.14. The van der Waals surface area contributed by atoms with Crippen molar-refractivity contribution in [3.8, 4) is 0 Å². The van der Waals surface area contributed by atoms with Gasteiger partial charge >= 0.3 is 0 Å². The SMILES string of the molecule is O=S(=O)(NCCC1CCOC1)c1ccccc1Br. The van der Waals surface area contributed by atoms with Gasteiger partial charge in [-0.15, -0.1) is 0 Å². The fraction of sp³-hybridized carbons (Fsp3) is 0.500. The van der Waals surface area contributed by atoms with E-state index in [1.807, 2.05) is 0 Å². The zero-order valence-corrected chi connectivity index (χ0v) is 12.3. The van der Waals surface area contributed by atoms with E-state index in [1.165, 1.54) is 0 Å². The van der Waals surface area contributed by atoms with Gasteiger partial charge in [-0.3, -0.25) is 0 Å². The first-order valence-electron chi connectivity index (χ1n) is 5.91. The molecule has 0 radical (unpaired) electrons. The van der Waals surface area contributed by atoms with Crippen LogP contribution >= 0.6 is 15.9 Å². The summed E-state index contributed by atoms with van der Waals surface area (Å²) < 4.78 is 32.6. The van der Waals surface area contributed by atoms with Crippen molar-refractivity contribution in [3.05, 3.63) is 28.7 Å². The number of benzene rings is 1. The molecule has 1 aliphatic heterocycles. The Labute approximate surface area is 116 Å². The van der Waals surface area contributed by atoms with Crippen molar-refractivity contribution in [1.82, 2.24) is 4.72 Å². The van der Waals surface area contributed by atoms with E-state index >= 15 is 0 Å². The number of nitrogens with one attached hydrogen (secondary N) is 1. The smallest absolute Gasteiger partial charge is 0.241 e. The van der Waals surface area contributed by atoms with E-state index in [9.17, 15) is 8.42 Å². The maximum Gasteiger partial charge on any atom is 0.241 e. The zero-order valence-electron chi connectivity index (χ0n) is 9.93. The molecule has 4 nitrogen and oxygen atoms in total. The van der Waals surface area contributed by atoms with E-state index in [0.29, 0.717) is 16.9 Å². The van der Waals surface area contributed by atoms with Crippen molar-refractivity contribution in [2.75, 3.05) is 19.8 Å². The van der Waals surface area contributed by atoms with Crippen LogP contribution in [0.5, 0.6) is 0 Å². The first-order valence-corrected chi connectivity index (χ1v) is 8.19. The summed E-state index contributed by atoms with van der Waals surface area (Å²) in [5.74, 6) is 0.479. The summed E-state index contributed by atoms with van der Waals surface area (Å²) >= 11 is 3.25. The summed E-state index contributed by atoms with van der Waals surface area (Å²) in [5, 5.41) is 0. The van der Waals surface area contributed by atoms with Gasteiger partial charge in [-0.25, -0.2) is 13.1 Å². The Morgan fingerprint density at radius 2 is 2.17 bits per heavy atom. The van der Waals surface area contributed by atoms with Gasteiger partial charge in [0.05, 0.1) is 4.90 Å². The molecule has 2 rings (SSSR count). The molecule has 1 fully saturated rings. The van der Waals surface area contributed by atoms with Crippen LogP contribution in [0.2, 0.25) is 0 Å². The molecule has 100 valence electrons. The minimum absolute atomic E-state index is 0.285. The van der Waals surface area contributed by atoms with E-state index in [4.69, 9.17) is 4.74 Å². The second-order valence-corrected chi connectivity index (χ2v) is 6.94. The van der Waals surface area contributed by atoms with Crippen molar-refractivity contribution in [3.63, 3.8) is 0 Å². The Hall–Kier alpha value is -0.430. The normalized spacial score (nSPS) is 20.2. The lowest BCUT2D eigenvalue weighted by Crippen LogP contribution is -2.26. The number of rotatable bonds is 5. The molecule has 1 aromatic carbocycles. The molecule has 1 atom stereocenters. The number of hydrogen-bond acceptors (Lipinski definition) is 3. The van der Waals surface area contributed by atoms with Crippen LogP contribution in [-0.2, 0) is 14.8 Å². The Morgan fingerprint density at radius 3 is 2.83 bits per heavy atom. The molecule has 0 amide bonds. The first-order chi connectivity index (χ1) is 8.59. The molecule has 1 N–H and O–H groups in total. The zero-order chi connectivity index (χ0) is 13.0. The lowest BCUT2D eigenvalue weighted by molar-refractivity contribution is 0.184. The second-order valence-electron chi connectivity index (χ2n) is 4.35. The van der Waals surface area contributed by atoms with Crippen LogP contribution < -0.4 is 4.72 Å². The summed E-state index contributed by atoms with van der Waals surface area (Å²) in [6, 6.07) is 6.81. The Balaban J connectivity index is 1.93. The van der Waals surface area contributed by atoms with E-state index in [-0.39, 0.29) is 4.90 Å². The number of sulfonamides is 1. The van der Waals surface area contributed by atoms with E-state index < -0.39 is 10.0 Å². The van der Waals surface area contributed by atoms with Gasteiger partial charge in [0.2, 0.25) is 10.0 Å². The molecule has 0 bridgehead atoms. The van der Waals surface area contributed by atoms with Gasteiger partial charge in [0, 0.05) is 24.2 Å². The Kier molecular flexibility index (Phi) is 4.77. The van der Waals surface area contributed by atoms with Crippen LogP contribution in [0.15, 0.2) is 33.6 Å². The quantitative estimate of drug-likeness (QED) is 0.898. The highest BCUT2D eigenvalue weighted by atomic mass is 79.9. The van der Waals surface area contributed by atoms with Crippen LogP contribution in [0.25, 0.3) is 0 Å². The molecule has 0 aromatic heterocycles. The van der Waals surface area contributed by atoms with Crippen molar-refractivity contribution in [2.24, 2.45) is 5.92 Å². The highest BCUT2D eigenvalue weighted by molar-refractivity contribution is 9.10. The average molecular weight is 334 g/mol. The van der Waals surface area contributed by atoms with E-state index in [0.717, 1.165) is 26.1 Å². The van der Waals surface area contributed by atoms with Gasteiger partial charge in [-0.2, -0.15) is 0 Å². The molecule has 0 saturated carbocycles. The summed E-state index contributed by atoms with van der Waals surface area (Å²) in [4.78, 5) is 0.285. The van der Waals surface area contributed by atoms with Gasteiger partial charge in [0.1, 0.15) is 0 Å². The molecular weight excluding hydrogens is 318 g/mol. The molecule has 1 heterocycles. The molecule has 1 saturated heterocycles. The van der Waals surface area contributed by atoms with Crippen LogP contribution in [0.3, 0.4) is 0 Å². The van der Waals surface area contributed by atoms with Crippen LogP contribution in [0.1, 0.15) is 12.8 Å².